The summed E-state index contributed by atoms with van der Waals surface area (Å²) >= 11 is 0. The number of carbonyl (C=O) groups is 3. The number of likely N-dealkylation sites (N-methyl/N-ethyl adjacent to an activating group) is 1. The highest BCUT2D eigenvalue weighted by Crippen LogP contribution is 2.31. The molecule has 61 heavy (non-hydrogen) atoms. The monoisotopic (exact) mass is 854 g/mol. The van der Waals surface area contributed by atoms with Gasteiger partial charge in [0.1, 0.15) is 12.4 Å². The second-order valence-electron chi connectivity index (χ2n) is 14.0. The van der Waals surface area contributed by atoms with Gasteiger partial charge in [-0.1, -0.05) is 74.5 Å². The number of alkyl halides is 3. The van der Waals surface area contributed by atoms with E-state index in [2.05, 4.69) is 23.7 Å². The molecule has 5 aromatic rings. The quantitative estimate of drug-likeness (QED) is 0.0787. The van der Waals surface area contributed by atoms with E-state index in [1.165, 1.54) is 24.3 Å². The Morgan fingerprint density at radius 1 is 0.738 bits per heavy atom. The number of carboxylic acids is 2. The summed E-state index contributed by atoms with van der Waals surface area (Å²) in [5.74, 6) is -5.28. The van der Waals surface area contributed by atoms with Crippen molar-refractivity contribution in [2.45, 2.75) is 64.5 Å². The molecule has 1 amide bonds. The molecule has 0 saturated heterocycles. The van der Waals surface area contributed by atoms with Gasteiger partial charge in [-0.3, -0.25) is 9.59 Å². The van der Waals surface area contributed by atoms with E-state index in [1.807, 2.05) is 29.2 Å². The van der Waals surface area contributed by atoms with Gasteiger partial charge in [0.15, 0.2) is 23.8 Å². The van der Waals surface area contributed by atoms with Gasteiger partial charge in [-0.15, -0.1) is 0 Å². The predicted molar refractivity (Wildman–Crippen MR) is 217 cm³/mol. The number of hydrogen-bond acceptors (Lipinski definition) is 8. The number of aliphatic hydroxyl groups excluding tert-OH is 2. The van der Waals surface area contributed by atoms with Gasteiger partial charge in [-0.2, -0.15) is 18.2 Å². The van der Waals surface area contributed by atoms with Gasteiger partial charge in [-0.05, 0) is 84.9 Å². The van der Waals surface area contributed by atoms with E-state index in [4.69, 9.17) is 20.4 Å². The fraction of sp³-hybridized carbons (Fsp3) is 0.341. The first-order valence-electron chi connectivity index (χ1n) is 19.4. The average molecular weight is 855 g/mol. The highest BCUT2D eigenvalue weighted by Gasteiger charge is 2.30. The Kier molecular flexibility index (Phi) is 17.2. The lowest BCUT2D eigenvalue weighted by molar-refractivity contribution is -0.165. The first kappa shape index (κ1) is 47.6. The number of aromatic nitrogens is 2. The number of fused-ring (bicyclic) bond motifs is 1. The number of rotatable bonds is 18. The van der Waals surface area contributed by atoms with E-state index in [0.29, 0.717) is 54.8 Å². The fourth-order valence-corrected chi connectivity index (χ4v) is 6.48. The molecular formula is C44H47F5N4O8. The summed E-state index contributed by atoms with van der Waals surface area (Å²) in [6.45, 7) is 7.34. The molecular weight excluding hydrogens is 807 g/mol. The maximum Gasteiger partial charge on any atom is 0.416 e. The molecule has 0 spiro atoms. The predicted octanol–water partition coefficient (Wildman–Crippen LogP) is 5.83. The van der Waals surface area contributed by atoms with Crippen molar-refractivity contribution in [3.8, 4) is 11.1 Å². The first-order chi connectivity index (χ1) is 28.9. The lowest BCUT2D eigenvalue weighted by Gasteiger charge is -2.28. The molecule has 0 bridgehead atoms. The Bertz CT molecular complexity index is 2300. The van der Waals surface area contributed by atoms with Crippen molar-refractivity contribution in [2.75, 3.05) is 32.7 Å². The molecule has 0 unspecified atom stereocenters. The zero-order valence-electron chi connectivity index (χ0n) is 33.5. The fourth-order valence-electron chi connectivity index (χ4n) is 6.48. The van der Waals surface area contributed by atoms with Crippen LogP contribution in [0.1, 0.15) is 42.8 Å². The van der Waals surface area contributed by atoms with E-state index in [-0.39, 0.29) is 30.9 Å². The van der Waals surface area contributed by atoms with E-state index in [0.717, 1.165) is 42.4 Å². The van der Waals surface area contributed by atoms with Gasteiger partial charge in [0.05, 0.1) is 16.5 Å². The van der Waals surface area contributed by atoms with Crippen molar-refractivity contribution in [3.63, 3.8) is 0 Å². The van der Waals surface area contributed by atoms with Crippen LogP contribution in [0.25, 0.3) is 22.0 Å². The van der Waals surface area contributed by atoms with Gasteiger partial charge in [-0.25, -0.2) is 18.4 Å². The molecule has 0 saturated carbocycles. The second kappa shape index (κ2) is 22.0. The van der Waals surface area contributed by atoms with Crippen LogP contribution >= 0.6 is 0 Å². The van der Waals surface area contributed by atoms with Crippen LogP contribution in [-0.4, -0.2) is 103 Å². The molecule has 4 aromatic carbocycles. The number of hydrogen-bond donors (Lipinski definition) is 4. The van der Waals surface area contributed by atoms with Crippen LogP contribution in [0, 0.1) is 11.6 Å². The number of carboxylic acid groups (broad SMARTS) is 2. The summed E-state index contributed by atoms with van der Waals surface area (Å²) < 4.78 is 69.0. The number of para-hydroxylation sites is 1. The number of carbonyl (C=O) groups excluding carboxylic acids is 1. The third-order valence-corrected chi connectivity index (χ3v) is 10.0. The van der Waals surface area contributed by atoms with Gasteiger partial charge in [0, 0.05) is 26.1 Å². The summed E-state index contributed by atoms with van der Waals surface area (Å²) in [6.07, 6.45) is -7.37. The Morgan fingerprint density at radius 2 is 1.33 bits per heavy atom. The maximum atomic E-state index is 14.5. The molecule has 17 heteroatoms. The standard InChI is InChI=1S/C40H41F5N4O2.C4H6O6/c1-3-47(4-2)25-26-48(24-8-9-28-14-16-29(17-15-28)30-18-21-32(22-19-30)40(43,44)45)37(50)27-49-35-13-6-5-11-33(35)39(51)46-36(49)23-20-31-10-7-12-34(41)38(31)42;5-1(3(7)8)2(6)4(9)10/h5-7,10-19,21-22H,3-4,8-9,20,23-27H2,1-2H3;1-2,5-6H,(H,7,8)(H,9,10)/t;1-,2-/m.1/s1. The lowest BCUT2D eigenvalue weighted by atomic mass is 10.0. The molecule has 2 atom stereocenters. The van der Waals surface area contributed by atoms with E-state index in [1.54, 1.807) is 28.8 Å². The molecule has 5 rings (SSSR count). The summed E-state index contributed by atoms with van der Waals surface area (Å²) in [5.41, 5.74) is 2.08. The molecule has 0 aliphatic carbocycles. The minimum atomic E-state index is -4.39. The van der Waals surface area contributed by atoms with Crippen LogP contribution < -0.4 is 5.56 Å². The Labute approximate surface area is 348 Å². The van der Waals surface area contributed by atoms with Crippen molar-refractivity contribution >= 4 is 28.7 Å². The molecule has 1 heterocycles. The molecule has 326 valence electrons. The summed E-state index contributed by atoms with van der Waals surface area (Å²) in [7, 11) is 0. The van der Waals surface area contributed by atoms with Crippen molar-refractivity contribution < 1.29 is 56.8 Å². The highest BCUT2D eigenvalue weighted by molar-refractivity contribution is 5.83. The van der Waals surface area contributed by atoms with Crippen LogP contribution in [0.5, 0.6) is 0 Å². The maximum absolute atomic E-state index is 14.5. The molecule has 0 radical (unpaired) electrons. The second-order valence-corrected chi connectivity index (χ2v) is 14.0. The Balaban J connectivity index is 0.000000727. The number of nitrogens with zero attached hydrogens (tertiary/aromatic N) is 4. The summed E-state index contributed by atoms with van der Waals surface area (Å²) in [4.78, 5) is 54.9. The number of amides is 1. The lowest BCUT2D eigenvalue weighted by Crippen LogP contribution is -2.41. The minimum Gasteiger partial charge on any atom is -0.479 e. The van der Waals surface area contributed by atoms with Gasteiger partial charge in [0.2, 0.25) is 5.91 Å². The van der Waals surface area contributed by atoms with Crippen molar-refractivity contribution in [1.29, 1.82) is 0 Å². The van der Waals surface area contributed by atoms with Crippen molar-refractivity contribution in [2.24, 2.45) is 0 Å². The molecule has 0 aliphatic heterocycles. The van der Waals surface area contributed by atoms with Crippen LogP contribution in [-0.2, 0) is 46.4 Å². The van der Waals surface area contributed by atoms with Crippen LogP contribution in [0.15, 0.2) is 95.8 Å². The number of aliphatic hydroxyl groups is 2. The normalized spacial score (nSPS) is 12.4. The van der Waals surface area contributed by atoms with Crippen LogP contribution in [0.4, 0.5) is 22.0 Å². The molecule has 0 fully saturated rings. The van der Waals surface area contributed by atoms with Crippen LogP contribution in [0.2, 0.25) is 0 Å². The average Bonchev–Trinajstić information content (AvgIpc) is 3.24. The SMILES string of the molecule is CCN(CC)CCN(CCCc1ccc(-c2ccc(C(F)(F)F)cc2)cc1)C(=O)Cn1c(CCc2cccc(F)c2F)nc(=O)c2ccccc21.O=C(O)[C@H](O)[C@@H](O)C(=O)O. The zero-order valence-corrected chi connectivity index (χ0v) is 33.5. The van der Waals surface area contributed by atoms with Crippen LogP contribution in [0.3, 0.4) is 0 Å². The third kappa shape index (κ3) is 13.2. The highest BCUT2D eigenvalue weighted by atomic mass is 19.4. The largest absolute Gasteiger partial charge is 0.479 e. The number of benzene rings is 4. The van der Waals surface area contributed by atoms with Gasteiger partial charge < -0.3 is 34.8 Å². The summed E-state index contributed by atoms with van der Waals surface area (Å²) in [6, 6.07) is 23.6. The Hall–Kier alpha value is -6.04. The number of aryl methyl sites for hydroxylation is 3. The topological polar surface area (TPSA) is 174 Å². The van der Waals surface area contributed by atoms with Gasteiger partial charge in [0.25, 0.3) is 5.56 Å². The van der Waals surface area contributed by atoms with E-state index < -0.39 is 53.1 Å². The van der Waals surface area contributed by atoms with Crippen molar-refractivity contribution in [1.82, 2.24) is 19.4 Å². The first-order valence-corrected chi connectivity index (χ1v) is 19.4. The Morgan fingerprint density at radius 3 is 1.90 bits per heavy atom. The molecule has 1 aromatic heterocycles. The molecule has 4 N–H and O–H groups in total. The number of halogens is 5. The van der Waals surface area contributed by atoms with Crippen molar-refractivity contribution in [3.05, 3.63) is 135 Å². The van der Waals surface area contributed by atoms with E-state index >= 15 is 0 Å². The minimum absolute atomic E-state index is 0.0885. The zero-order chi connectivity index (χ0) is 44.9. The van der Waals surface area contributed by atoms with Gasteiger partial charge >= 0.3 is 18.1 Å². The third-order valence-electron chi connectivity index (χ3n) is 10.0. The molecule has 12 nitrogen and oxygen atoms in total. The number of aliphatic carboxylic acids is 2. The van der Waals surface area contributed by atoms with E-state index in [9.17, 15) is 41.1 Å². The smallest absolute Gasteiger partial charge is 0.416 e. The molecule has 0 aliphatic rings. The summed E-state index contributed by atoms with van der Waals surface area (Å²) in [5, 5.41) is 32.9.